The van der Waals surface area contributed by atoms with E-state index >= 15 is 4.39 Å². The summed E-state index contributed by atoms with van der Waals surface area (Å²) in [5.74, 6) is -2.55. The fraction of sp³-hybridized carbons (Fsp3) is 0.457. The summed E-state index contributed by atoms with van der Waals surface area (Å²) >= 11 is 0. The van der Waals surface area contributed by atoms with Gasteiger partial charge in [-0.2, -0.15) is 13.5 Å². The highest BCUT2D eigenvalue weighted by Gasteiger charge is 2.29. The number of aryl methyl sites for hydroxylation is 4. The van der Waals surface area contributed by atoms with Gasteiger partial charge in [0.05, 0.1) is 12.5 Å². The summed E-state index contributed by atoms with van der Waals surface area (Å²) in [6.07, 6.45) is 2.82. The Balaban J connectivity index is 0.00000705. The van der Waals surface area contributed by atoms with Crippen molar-refractivity contribution in [1.82, 2.24) is 14.8 Å². The molecule has 3 rings (SSSR count). The van der Waals surface area contributed by atoms with Crippen molar-refractivity contribution < 1.29 is 23.5 Å². The summed E-state index contributed by atoms with van der Waals surface area (Å²) < 4.78 is 31.2. The molecule has 10 heteroatoms. The Labute approximate surface area is 272 Å². The van der Waals surface area contributed by atoms with Crippen molar-refractivity contribution in [3.8, 4) is 11.1 Å². The predicted octanol–water partition coefficient (Wildman–Crippen LogP) is 6.55. The molecule has 0 bridgehead atoms. The van der Waals surface area contributed by atoms with E-state index in [1.807, 2.05) is 39.8 Å². The average molecular weight is 644 g/mol. The van der Waals surface area contributed by atoms with Gasteiger partial charge < -0.3 is 19.9 Å². The molecule has 2 N–H and O–H groups in total. The number of hydrogen-bond acceptors (Lipinski definition) is 4. The van der Waals surface area contributed by atoms with Gasteiger partial charge in [0.25, 0.3) is 5.56 Å². The molecule has 0 radical (unpaired) electrons. The van der Waals surface area contributed by atoms with Crippen LogP contribution < -0.4 is 10.9 Å². The number of aromatic nitrogens is 1. The van der Waals surface area contributed by atoms with E-state index in [-0.39, 0.29) is 41.9 Å². The largest absolute Gasteiger partial charge is 0.481 e. The lowest BCUT2D eigenvalue weighted by Crippen LogP contribution is -2.40. The van der Waals surface area contributed by atoms with Crippen LogP contribution in [0.25, 0.3) is 11.1 Å². The number of likely N-dealkylation sites (N-methyl/N-ethyl adjacent to an activating group) is 1. The molecule has 7 nitrogen and oxygen atoms in total. The minimum atomic E-state index is -1.22. The zero-order chi connectivity index (χ0) is 32.9. The lowest BCUT2D eigenvalue weighted by molar-refractivity contribution is -0.138. The second kappa shape index (κ2) is 16.2. The Morgan fingerprint density at radius 1 is 0.933 bits per heavy atom. The van der Waals surface area contributed by atoms with Crippen LogP contribution in [0.5, 0.6) is 0 Å². The molecule has 1 amide bonds. The molecule has 1 aromatic heterocycles. The van der Waals surface area contributed by atoms with Crippen molar-refractivity contribution in [3.63, 3.8) is 0 Å². The normalized spacial score (nSPS) is 12.6. The third-order valence-electron chi connectivity index (χ3n) is 8.02. The molecular formula is C35H47F2N3O4S. The number of nitrogens with one attached hydrogen (secondary N) is 1. The molecule has 0 saturated carbocycles. The first-order valence-electron chi connectivity index (χ1n) is 15.0. The smallest absolute Gasteiger partial charge is 0.305 e. The molecule has 1 heterocycles. The quantitative estimate of drug-likeness (QED) is 0.220. The highest BCUT2D eigenvalue weighted by molar-refractivity contribution is 7.59. The van der Waals surface area contributed by atoms with Crippen molar-refractivity contribution in [3.05, 3.63) is 91.9 Å². The molecule has 0 fully saturated rings. The minimum Gasteiger partial charge on any atom is -0.481 e. The summed E-state index contributed by atoms with van der Waals surface area (Å²) in [4.78, 5) is 41.3. The van der Waals surface area contributed by atoms with E-state index in [1.165, 1.54) is 28.8 Å². The number of nitrogens with zero attached hydrogens (tertiary/aromatic N) is 2. The van der Waals surface area contributed by atoms with Crippen molar-refractivity contribution in [2.45, 2.75) is 79.3 Å². The Hall–Kier alpha value is -3.50. The predicted molar refractivity (Wildman–Crippen MR) is 180 cm³/mol. The van der Waals surface area contributed by atoms with Gasteiger partial charge in [-0.25, -0.2) is 8.78 Å². The third-order valence-corrected chi connectivity index (χ3v) is 8.02. The van der Waals surface area contributed by atoms with E-state index < -0.39 is 36.2 Å². The number of amides is 1. The van der Waals surface area contributed by atoms with Gasteiger partial charge in [-0.1, -0.05) is 13.8 Å². The molecule has 1 unspecified atom stereocenters. The number of carboxylic acids is 1. The number of carboxylic acid groups (broad SMARTS) is 1. The summed E-state index contributed by atoms with van der Waals surface area (Å²) in [6.45, 7) is 11.7. The molecule has 3 aromatic rings. The third kappa shape index (κ3) is 9.74. The fourth-order valence-electron chi connectivity index (χ4n) is 5.66. The number of benzene rings is 2. The van der Waals surface area contributed by atoms with Gasteiger partial charge >= 0.3 is 5.97 Å². The topological polar surface area (TPSA) is 91.6 Å². The fourth-order valence-corrected chi connectivity index (χ4v) is 5.66. The number of carbonyl (C=O) groups excluding carboxylic acids is 1. The highest BCUT2D eigenvalue weighted by Crippen LogP contribution is 2.34. The van der Waals surface area contributed by atoms with E-state index in [4.69, 9.17) is 0 Å². The van der Waals surface area contributed by atoms with Crippen LogP contribution in [0.4, 0.5) is 8.78 Å². The summed E-state index contributed by atoms with van der Waals surface area (Å²) in [5, 5.41) is 12.6. The Morgan fingerprint density at radius 2 is 1.56 bits per heavy atom. The van der Waals surface area contributed by atoms with Crippen molar-refractivity contribution in [2.75, 3.05) is 20.6 Å². The Bertz CT molecular complexity index is 1560. The van der Waals surface area contributed by atoms with Crippen LogP contribution in [0.2, 0.25) is 0 Å². The van der Waals surface area contributed by atoms with Crippen molar-refractivity contribution >= 4 is 25.4 Å². The second-order valence-electron chi connectivity index (χ2n) is 12.5. The van der Waals surface area contributed by atoms with Crippen LogP contribution in [0.15, 0.2) is 41.3 Å². The average Bonchev–Trinajstić information content (AvgIpc) is 2.89. The maximum Gasteiger partial charge on any atom is 0.305 e. The van der Waals surface area contributed by atoms with Crippen LogP contribution in [0, 0.1) is 45.2 Å². The number of aliphatic carboxylic acids is 1. The number of hydrogen-bond donors (Lipinski definition) is 2. The van der Waals surface area contributed by atoms with Gasteiger partial charge in [0.15, 0.2) is 0 Å². The Kier molecular flexibility index (Phi) is 13.5. The standard InChI is InChI=1S/C35H45F2N3O4.H2S/c1-20(2)9-10-30(40-19-25(11-12-39(7)8)21(3)16-31(40)41)35(44)38-29(18-32(42)43)28-17-26(13-24(6)34(28)37)33-22(4)14-27(36)15-23(33)5;/h13-17,19-20,29-30H,9-12,18H2,1-8H3,(H,38,44)(H,42,43);1H2/t29-,30?;/m0./s1. The lowest BCUT2D eigenvalue weighted by atomic mass is 9.90. The van der Waals surface area contributed by atoms with Crippen LogP contribution in [-0.4, -0.2) is 47.1 Å². The molecule has 2 aromatic carbocycles. The zero-order valence-corrected chi connectivity index (χ0v) is 28.6. The van der Waals surface area contributed by atoms with Gasteiger partial charge in [0.1, 0.15) is 17.7 Å². The number of rotatable bonds is 13. The van der Waals surface area contributed by atoms with Crippen molar-refractivity contribution in [2.24, 2.45) is 5.92 Å². The first-order chi connectivity index (χ1) is 20.6. The maximum atomic E-state index is 15.7. The zero-order valence-electron chi connectivity index (χ0n) is 27.6. The summed E-state index contributed by atoms with van der Waals surface area (Å²) in [7, 11) is 3.92. The van der Waals surface area contributed by atoms with Crippen LogP contribution in [0.3, 0.4) is 0 Å². The summed E-state index contributed by atoms with van der Waals surface area (Å²) in [6, 6.07) is 5.34. The second-order valence-corrected chi connectivity index (χ2v) is 12.5. The van der Waals surface area contributed by atoms with Gasteiger partial charge in [0, 0.05) is 24.4 Å². The number of halogens is 2. The first kappa shape index (κ1) is 37.7. The van der Waals surface area contributed by atoms with Crippen molar-refractivity contribution in [1.29, 1.82) is 0 Å². The highest BCUT2D eigenvalue weighted by atomic mass is 32.1. The Morgan fingerprint density at radius 3 is 2.11 bits per heavy atom. The van der Waals surface area contributed by atoms with E-state index in [9.17, 15) is 23.9 Å². The molecule has 0 saturated heterocycles. The molecule has 0 spiro atoms. The minimum absolute atomic E-state index is 0. The molecule has 0 aliphatic heterocycles. The number of carbonyl (C=O) groups is 2. The van der Waals surface area contributed by atoms with Gasteiger partial charge in [-0.3, -0.25) is 14.4 Å². The van der Waals surface area contributed by atoms with E-state index in [0.717, 1.165) is 17.7 Å². The van der Waals surface area contributed by atoms with Crippen LogP contribution in [0.1, 0.15) is 78.6 Å². The molecule has 45 heavy (non-hydrogen) atoms. The maximum absolute atomic E-state index is 15.7. The lowest BCUT2D eigenvalue weighted by Gasteiger charge is -2.26. The van der Waals surface area contributed by atoms with E-state index in [1.54, 1.807) is 33.0 Å². The SMILES string of the molecule is Cc1cc(=O)n(C(CCC(C)C)C(=O)N[C@@H](CC(=O)O)c2cc(-c3c(C)cc(F)cc3C)cc(C)c2F)cc1CCN(C)C.S. The van der Waals surface area contributed by atoms with E-state index in [2.05, 4.69) is 5.32 Å². The van der Waals surface area contributed by atoms with Gasteiger partial charge in [-0.05, 0) is 130 Å². The van der Waals surface area contributed by atoms with Gasteiger partial charge in [0.2, 0.25) is 5.91 Å². The molecular weight excluding hydrogens is 596 g/mol. The van der Waals surface area contributed by atoms with Gasteiger partial charge in [-0.15, -0.1) is 0 Å². The molecule has 0 aliphatic rings. The number of pyridine rings is 1. The van der Waals surface area contributed by atoms with E-state index in [0.29, 0.717) is 41.5 Å². The molecule has 0 aliphatic carbocycles. The molecule has 2 atom stereocenters. The summed E-state index contributed by atoms with van der Waals surface area (Å²) in [5.41, 5.74) is 4.32. The van der Waals surface area contributed by atoms with Crippen LogP contribution in [-0.2, 0) is 16.0 Å². The van der Waals surface area contributed by atoms with Crippen LogP contribution >= 0.6 is 13.5 Å². The monoisotopic (exact) mass is 643 g/mol. The molecule has 246 valence electrons. The first-order valence-corrected chi connectivity index (χ1v) is 15.0.